The molecule has 1 aliphatic heterocycles. The molecule has 1 unspecified atom stereocenters. The standard InChI is InChI=1S/C30H28N2O6S/c1-4-14-38-21-11-7-9-19(16-21)27(33)25-26(18-8-6-10-20(15-18)36-3)32(29(35)28(25)34)30-31-23-13-12-22(37-5-2)17-24(23)39-30/h6-13,15-17,26,33H,4-5,14H2,1-3H3. The molecule has 39 heavy (non-hydrogen) atoms. The lowest BCUT2D eigenvalue weighted by Gasteiger charge is -2.23. The molecular weight excluding hydrogens is 516 g/mol. The fourth-order valence-electron chi connectivity index (χ4n) is 4.52. The molecule has 1 saturated heterocycles. The van der Waals surface area contributed by atoms with Gasteiger partial charge in [-0.3, -0.25) is 14.5 Å². The molecule has 0 radical (unpaired) electrons. The van der Waals surface area contributed by atoms with Gasteiger partial charge in [-0.05, 0) is 61.4 Å². The maximum Gasteiger partial charge on any atom is 0.301 e. The number of ether oxygens (including phenoxy) is 3. The molecule has 5 rings (SSSR count). The van der Waals surface area contributed by atoms with Crippen LogP contribution in [0.4, 0.5) is 5.13 Å². The van der Waals surface area contributed by atoms with E-state index in [1.54, 1.807) is 55.6 Å². The Morgan fingerprint density at radius 1 is 0.974 bits per heavy atom. The van der Waals surface area contributed by atoms with E-state index in [1.165, 1.54) is 16.2 Å². The first-order valence-electron chi connectivity index (χ1n) is 12.7. The number of nitrogens with zero attached hydrogens (tertiary/aromatic N) is 2. The first kappa shape index (κ1) is 26.2. The number of aliphatic hydroxyl groups is 1. The number of ketones is 1. The summed E-state index contributed by atoms with van der Waals surface area (Å²) in [5.74, 6) is -0.0496. The number of benzene rings is 3. The van der Waals surface area contributed by atoms with Gasteiger partial charge in [0.05, 0.1) is 42.2 Å². The predicted octanol–water partition coefficient (Wildman–Crippen LogP) is 6.12. The summed E-state index contributed by atoms with van der Waals surface area (Å²) in [7, 11) is 1.54. The Morgan fingerprint density at radius 3 is 2.51 bits per heavy atom. The van der Waals surface area contributed by atoms with Crippen LogP contribution in [0.5, 0.6) is 17.2 Å². The van der Waals surface area contributed by atoms with Crippen molar-refractivity contribution in [1.29, 1.82) is 0 Å². The summed E-state index contributed by atoms with van der Waals surface area (Å²) in [6, 6.07) is 18.5. The summed E-state index contributed by atoms with van der Waals surface area (Å²) >= 11 is 1.28. The van der Waals surface area contributed by atoms with Crippen molar-refractivity contribution < 1.29 is 28.9 Å². The number of hydrogen-bond acceptors (Lipinski definition) is 8. The van der Waals surface area contributed by atoms with Crippen molar-refractivity contribution in [3.8, 4) is 17.2 Å². The summed E-state index contributed by atoms with van der Waals surface area (Å²) in [6.45, 7) is 4.94. The van der Waals surface area contributed by atoms with Crippen LogP contribution in [0.15, 0.2) is 72.3 Å². The van der Waals surface area contributed by atoms with E-state index in [9.17, 15) is 14.7 Å². The maximum absolute atomic E-state index is 13.6. The number of amides is 1. The molecule has 1 fully saturated rings. The second-order valence-corrected chi connectivity index (χ2v) is 9.89. The van der Waals surface area contributed by atoms with Gasteiger partial charge in [-0.2, -0.15) is 0 Å². The van der Waals surface area contributed by atoms with Crippen molar-refractivity contribution in [3.05, 3.63) is 83.4 Å². The molecule has 0 aliphatic carbocycles. The van der Waals surface area contributed by atoms with Crippen molar-refractivity contribution in [1.82, 2.24) is 4.98 Å². The highest BCUT2D eigenvalue weighted by Gasteiger charge is 2.48. The van der Waals surface area contributed by atoms with Gasteiger partial charge in [-0.1, -0.05) is 42.5 Å². The van der Waals surface area contributed by atoms with Gasteiger partial charge in [-0.25, -0.2) is 4.98 Å². The molecular formula is C30H28N2O6S. The Balaban J connectivity index is 1.67. The van der Waals surface area contributed by atoms with Crippen molar-refractivity contribution in [2.24, 2.45) is 0 Å². The molecule has 1 aromatic heterocycles. The van der Waals surface area contributed by atoms with Gasteiger partial charge in [-0.15, -0.1) is 0 Å². The molecule has 3 aromatic carbocycles. The summed E-state index contributed by atoms with van der Waals surface area (Å²) in [5, 5.41) is 11.8. The molecule has 0 spiro atoms. The largest absolute Gasteiger partial charge is 0.507 e. The van der Waals surface area contributed by atoms with E-state index in [0.29, 0.717) is 52.2 Å². The van der Waals surface area contributed by atoms with Crippen molar-refractivity contribution in [2.45, 2.75) is 26.3 Å². The zero-order valence-electron chi connectivity index (χ0n) is 21.8. The number of anilines is 1. The number of aromatic nitrogens is 1. The van der Waals surface area contributed by atoms with E-state index >= 15 is 0 Å². The quantitative estimate of drug-likeness (QED) is 0.154. The lowest BCUT2D eigenvalue weighted by molar-refractivity contribution is -0.132. The SMILES string of the molecule is CCCOc1cccc(C(O)=C2C(=O)C(=O)N(c3nc4ccc(OCC)cc4s3)C2c2cccc(OC)c2)c1. The van der Waals surface area contributed by atoms with Crippen LogP contribution < -0.4 is 19.1 Å². The Kier molecular flexibility index (Phi) is 7.51. The number of aliphatic hydroxyl groups excluding tert-OH is 1. The Hall–Kier alpha value is -4.37. The van der Waals surface area contributed by atoms with Gasteiger partial charge < -0.3 is 19.3 Å². The zero-order valence-corrected chi connectivity index (χ0v) is 22.7. The Morgan fingerprint density at radius 2 is 1.74 bits per heavy atom. The fourth-order valence-corrected chi connectivity index (χ4v) is 5.54. The lowest BCUT2D eigenvalue weighted by atomic mass is 9.95. The highest BCUT2D eigenvalue weighted by atomic mass is 32.1. The van der Waals surface area contributed by atoms with Crippen LogP contribution in [0.25, 0.3) is 16.0 Å². The number of thiazole rings is 1. The van der Waals surface area contributed by atoms with Crippen LogP contribution in [0.1, 0.15) is 37.4 Å². The number of fused-ring (bicyclic) bond motifs is 1. The molecule has 8 nitrogen and oxygen atoms in total. The van der Waals surface area contributed by atoms with Crippen LogP contribution in [0.3, 0.4) is 0 Å². The first-order chi connectivity index (χ1) is 18.9. The monoisotopic (exact) mass is 544 g/mol. The average molecular weight is 545 g/mol. The number of Topliss-reactive ketones (excluding diaryl/α,β-unsaturated/α-hetero) is 1. The Bertz CT molecular complexity index is 1580. The number of hydrogen-bond donors (Lipinski definition) is 1. The minimum atomic E-state index is -0.924. The van der Waals surface area contributed by atoms with Gasteiger partial charge in [0, 0.05) is 5.56 Å². The summed E-state index contributed by atoms with van der Waals surface area (Å²) in [4.78, 5) is 33.1. The number of carbonyl (C=O) groups is 2. The topological polar surface area (TPSA) is 98.2 Å². The average Bonchev–Trinajstić information content (AvgIpc) is 3.49. The van der Waals surface area contributed by atoms with E-state index in [4.69, 9.17) is 14.2 Å². The summed E-state index contributed by atoms with van der Waals surface area (Å²) in [6.07, 6.45) is 0.825. The lowest BCUT2D eigenvalue weighted by Crippen LogP contribution is -2.29. The van der Waals surface area contributed by atoms with Crippen molar-refractivity contribution in [3.63, 3.8) is 0 Å². The van der Waals surface area contributed by atoms with Crippen LogP contribution in [0.2, 0.25) is 0 Å². The molecule has 1 aliphatic rings. The van der Waals surface area contributed by atoms with E-state index in [0.717, 1.165) is 11.1 Å². The van der Waals surface area contributed by atoms with Gasteiger partial charge in [0.1, 0.15) is 23.0 Å². The fraction of sp³-hybridized carbons (Fsp3) is 0.233. The van der Waals surface area contributed by atoms with E-state index in [2.05, 4.69) is 4.98 Å². The van der Waals surface area contributed by atoms with E-state index in [-0.39, 0.29) is 11.3 Å². The molecule has 2 heterocycles. The number of methoxy groups -OCH3 is 1. The van der Waals surface area contributed by atoms with Crippen LogP contribution in [-0.2, 0) is 9.59 Å². The highest BCUT2D eigenvalue weighted by Crippen LogP contribution is 2.45. The second kappa shape index (κ2) is 11.2. The van der Waals surface area contributed by atoms with Gasteiger partial charge in [0.15, 0.2) is 5.13 Å². The predicted molar refractivity (Wildman–Crippen MR) is 151 cm³/mol. The molecule has 200 valence electrons. The van der Waals surface area contributed by atoms with Gasteiger partial charge in [0.25, 0.3) is 5.78 Å². The molecule has 0 saturated carbocycles. The third-order valence-electron chi connectivity index (χ3n) is 6.30. The van der Waals surface area contributed by atoms with E-state index in [1.807, 2.05) is 32.0 Å². The third kappa shape index (κ3) is 5.05. The number of rotatable bonds is 9. The molecule has 1 N–H and O–H groups in total. The maximum atomic E-state index is 13.6. The normalized spacial score (nSPS) is 16.6. The molecule has 4 aromatic rings. The van der Waals surface area contributed by atoms with Crippen LogP contribution in [-0.4, -0.2) is 42.1 Å². The van der Waals surface area contributed by atoms with Crippen LogP contribution >= 0.6 is 11.3 Å². The number of carbonyl (C=O) groups excluding carboxylic acids is 2. The minimum absolute atomic E-state index is 0.0323. The highest BCUT2D eigenvalue weighted by molar-refractivity contribution is 7.22. The molecule has 0 bridgehead atoms. The Labute approximate surface area is 230 Å². The van der Waals surface area contributed by atoms with Gasteiger partial charge >= 0.3 is 5.91 Å². The third-order valence-corrected chi connectivity index (χ3v) is 7.32. The smallest absolute Gasteiger partial charge is 0.301 e. The van der Waals surface area contributed by atoms with Crippen LogP contribution in [0, 0.1) is 0 Å². The minimum Gasteiger partial charge on any atom is -0.507 e. The van der Waals surface area contributed by atoms with Gasteiger partial charge in [0.2, 0.25) is 0 Å². The molecule has 9 heteroatoms. The van der Waals surface area contributed by atoms with Crippen molar-refractivity contribution >= 4 is 44.1 Å². The molecule has 1 atom stereocenters. The summed E-state index contributed by atoms with van der Waals surface area (Å²) in [5.41, 5.74) is 1.61. The zero-order chi connectivity index (χ0) is 27.5. The first-order valence-corrected chi connectivity index (χ1v) is 13.5. The molecule has 1 amide bonds. The van der Waals surface area contributed by atoms with E-state index < -0.39 is 17.7 Å². The summed E-state index contributed by atoms with van der Waals surface area (Å²) < 4.78 is 17.6. The second-order valence-electron chi connectivity index (χ2n) is 8.88. The van der Waals surface area contributed by atoms with Crippen molar-refractivity contribution in [2.75, 3.05) is 25.2 Å².